The molecule has 0 fully saturated rings. The van der Waals surface area contributed by atoms with Gasteiger partial charge < -0.3 is 16.0 Å². The van der Waals surface area contributed by atoms with Crippen molar-refractivity contribution < 1.29 is 4.79 Å². The molecular weight excluding hydrogens is 300 g/mol. The molecule has 0 unspecified atom stereocenters. The van der Waals surface area contributed by atoms with Gasteiger partial charge in [-0.2, -0.15) is 5.26 Å². The number of halogens is 1. The normalized spacial score (nSPS) is 17.2. The molecule has 1 aliphatic rings. The number of para-hydroxylation sites is 1. The number of nitrogens with one attached hydrogen (secondary N) is 1. The lowest BCUT2D eigenvalue weighted by Gasteiger charge is -2.26. The molecule has 0 aliphatic carbocycles. The topological polar surface area (TPSA) is 82.2 Å². The maximum Gasteiger partial charge on any atom is 0.243 e. The van der Waals surface area contributed by atoms with E-state index in [2.05, 4.69) is 11.4 Å². The molecule has 1 amide bonds. The molecule has 22 heavy (non-hydrogen) atoms. The van der Waals surface area contributed by atoms with Crippen molar-refractivity contribution in [2.45, 2.75) is 6.04 Å². The lowest BCUT2D eigenvalue weighted by Crippen LogP contribution is -2.41. The molecule has 0 radical (unpaired) electrons. The van der Waals surface area contributed by atoms with Crippen LogP contribution >= 0.6 is 11.6 Å². The number of hydrogen-bond donors (Lipinski definition) is 2. The Bertz CT molecular complexity index is 784. The van der Waals surface area contributed by atoms with E-state index < -0.39 is 6.04 Å². The minimum atomic E-state index is -0.700. The van der Waals surface area contributed by atoms with Gasteiger partial charge in [-0.25, -0.2) is 0 Å². The Hall–Kier alpha value is -2.55. The van der Waals surface area contributed by atoms with Crippen molar-refractivity contribution >= 4 is 34.6 Å². The zero-order valence-corrected chi connectivity index (χ0v) is 12.3. The monoisotopic (exact) mass is 312 g/mol. The van der Waals surface area contributed by atoms with Crippen LogP contribution in [0.5, 0.6) is 0 Å². The molecule has 2 aromatic carbocycles. The van der Waals surface area contributed by atoms with Crippen LogP contribution in [-0.4, -0.2) is 18.5 Å². The SMILES string of the molecule is N#Cc1cccc(N2C[C@H](N)C(=O)Nc3c(Cl)cccc32)c1. The lowest BCUT2D eigenvalue weighted by molar-refractivity contribution is -0.117. The van der Waals surface area contributed by atoms with Gasteiger partial charge in [0, 0.05) is 12.2 Å². The quantitative estimate of drug-likeness (QED) is 0.848. The molecule has 0 aromatic heterocycles. The minimum Gasteiger partial charge on any atom is -0.338 e. The molecule has 1 heterocycles. The molecule has 6 heteroatoms. The largest absolute Gasteiger partial charge is 0.338 e. The first-order valence-electron chi connectivity index (χ1n) is 6.73. The minimum absolute atomic E-state index is 0.284. The van der Waals surface area contributed by atoms with Crippen LogP contribution in [0, 0.1) is 11.3 Å². The summed E-state index contributed by atoms with van der Waals surface area (Å²) in [7, 11) is 0. The van der Waals surface area contributed by atoms with Crippen LogP contribution in [0.2, 0.25) is 5.02 Å². The third-order valence-electron chi connectivity index (χ3n) is 3.53. The highest BCUT2D eigenvalue weighted by Gasteiger charge is 2.27. The lowest BCUT2D eigenvalue weighted by atomic mass is 10.1. The molecule has 3 N–H and O–H groups in total. The highest BCUT2D eigenvalue weighted by Crippen LogP contribution is 2.38. The van der Waals surface area contributed by atoms with E-state index in [0.29, 0.717) is 22.8 Å². The molecule has 0 saturated heterocycles. The maximum absolute atomic E-state index is 12.1. The van der Waals surface area contributed by atoms with Crippen molar-refractivity contribution in [2.75, 3.05) is 16.8 Å². The summed E-state index contributed by atoms with van der Waals surface area (Å²) in [5.41, 5.74) is 8.56. The number of amides is 1. The van der Waals surface area contributed by atoms with Crippen LogP contribution in [0.1, 0.15) is 5.56 Å². The molecule has 3 rings (SSSR count). The Morgan fingerprint density at radius 3 is 2.86 bits per heavy atom. The number of nitriles is 1. The Kier molecular flexibility index (Phi) is 3.72. The van der Waals surface area contributed by atoms with E-state index in [0.717, 1.165) is 11.4 Å². The second kappa shape index (κ2) is 5.68. The fraction of sp³-hybridized carbons (Fsp3) is 0.125. The fourth-order valence-corrected chi connectivity index (χ4v) is 2.66. The molecular formula is C16H13ClN4O. The van der Waals surface area contributed by atoms with E-state index in [9.17, 15) is 4.79 Å². The second-order valence-corrected chi connectivity index (χ2v) is 5.41. The molecule has 0 saturated carbocycles. The molecule has 110 valence electrons. The van der Waals surface area contributed by atoms with Crippen molar-refractivity contribution in [3.05, 3.63) is 53.1 Å². The fourth-order valence-electron chi connectivity index (χ4n) is 2.44. The summed E-state index contributed by atoms with van der Waals surface area (Å²) in [5.74, 6) is -0.284. The first-order chi connectivity index (χ1) is 10.6. The predicted molar refractivity (Wildman–Crippen MR) is 86.2 cm³/mol. The van der Waals surface area contributed by atoms with Gasteiger partial charge >= 0.3 is 0 Å². The van der Waals surface area contributed by atoms with Gasteiger partial charge in [0.25, 0.3) is 0 Å². The average molecular weight is 313 g/mol. The number of nitrogens with zero attached hydrogens (tertiary/aromatic N) is 2. The van der Waals surface area contributed by atoms with Gasteiger partial charge in [-0.05, 0) is 30.3 Å². The van der Waals surface area contributed by atoms with Gasteiger partial charge in [0.05, 0.1) is 28.0 Å². The highest BCUT2D eigenvalue weighted by atomic mass is 35.5. The van der Waals surface area contributed by atoms with E-state index in [4.69, 9.17) is 22.6 Å². The van der Waals surface area contributed by atoms with Crippen LogP contribution in [0.25, 0.3) is 0 Å². The number of nitrogens with two attached hydrogens (primary N) is 1. The zero-order chi connectivity index (χ0) is 15.7. The summed E-state index contributed by atoms with van der Waals surface area (Å²) >= 11 is 6.20. The third-order valence-corrected chi connectivity index (χ3v) is 3.85. The summed E-state index contributed by atoms with van der Waals surface area (Å²) in [6, 6.07) is 13.9. The standard InChI is InChI=1S/C16H13ClN4O/c17-12-5-2-6-14-15(12)20-16(22)13(19)9-21(14)11-4-1-3-10(7-11)8-18/h1-7,13H,9,19H2,(H,20,22)/t13-/m0/s1. The number of hydrogen-bond acceptors (Lipinski definition) is 4. The Balaban J connectivity index is 2.16. The van der Waals surface area contributed by atoms with Crippen LogP contribution < -0.4 is 16.0 Å². The Morgan fingerprint density at radius 2 is 2.09 bits per heavy atom. The summed E-state index contributed by atoms with van der Waals surface area (Å²) in [6.45, 7) is 0.300. The Morgan fingerprint density at radius 1 is 1.32 bits per heavy atom. The summed E-state index contributed by atoms with van der Waals surface area (Å²) < 4.78 is 0. The molecule has 5 nitrogen and oxygen atoms in total. The van der Waals surface area contributed by atoms with Crippen molar-refractivity contribution in [1.29, 1.82) is 5.26 Å². The Labute approximate surface area is 132 Å². The summed E-state index contributed by atoms with van der Waals surface area (Å²) in [5, 5.41) is 12.3. The number of benzene rings is 2. The highest BCUT2D eigenvalue weighted by molar-refractivity contribution is 6.34. The first-order valence-corrected chi connectivity index (χ1v) is 7.10. The first kappa shape index (κ1) is 14.4. The van der Waals surface area contributed by atoms with E-state index in [1.54, 1.807) is 24.3 Å². The summed E-state index contributed by atoms with van der Waals surface area (Å²) in [6.07, 6.45) is 0. The van der Waals surface area contributed by atoms with E-state index >= 15 is 0 Å². The van der Waals surface area contributed by atoms with Gasteiger partial charge in [0.1, 0.15) is 6.04 Å². The van der Waals surface area contributed by atoms with Crippen molar-refractivity contribution in [3.8, 4) is 6.07 Å². The maximum atomic E-state index is 12.1. The number of carbonyl (C=O) groups is 1. The van der Waals surface area contributed by atoms with Crippen molar-refractivity contribution in [3.63, 3.8) is 0 Å². The van der Waals surface area contributed by atoms with Gasteiger partial charge in [-0.15, -0.1) is 0 Å². The second-order valence-electron chi connectivity index (χ2n) is 5.00. The van der Waals surface area contributed by atoms with Gasteiger partial charge in [-0.1, -0.05) is 23.7 Å². The smallest absolute Gasteiger partial charge is 0.243 e. The molecule has 1 aliphatic heterocycles. The predicted octanol–water partition coefficient (Wildman–Crippen LogP) is 2.63. The van der Waals surface area contributed by atoms with Crippen LogP contribution in [-0.2, 0) is 4.79 Å². The van der Waals surface area contributed by atoms with Crippen LogP contribution in [0.3, 0.4) is 0 Å². The third kappa shape index (κ3) is 2.50. The summed E-state index contributed by atoms with van der Waals surface area (Å²) in [4.78, 5) is 13.9. The molecule has 0 spiro atoms. The van der Waals surface area contributed by atoms with Crippen molar-refractivity contribution in [1.82, 2.24) is 0 Å². The number of rotatable bonds is 1. The average Bonchev–Trinajstić information content (AvgIpc) is 2.66. The number of fused-ring (bicyclic) bond motifs is 1. The van der Waals surface area contributed by atoms with Gasteiger partial charge in [-0.3, -0.25) is 4.79 Å². The van der Waals surface area contributed by atoms with Crippen molar-refractivity contribution in [2.24, 2.45) is 5.73 Å². The van der Waals surface area contributed by atoms with E-state index in [1.165, 1.54) is 0 Å². The van der Waals surface area contributed by atoms with E-state index in [1.807, 2.05) is 23.1 Å². The van der Waals surface area contributed by atoms with Gasteiger partial charge in [0.2, 0.25) is 5.91 Å². The van der Waals surface area contributed by atoms with Crippen LogP contribution in [0.4, 0.5) is 17.1 Å². The number of anilines is 3. The zero-order valence-electron chi connectivity index (χ0n) is 11.6. The molecule has 2 aromatic rings. The van der Waals surface area contributed by atoms with Crippen LogP contribution in [0.15, 0.2) is 42.5 Å². The molecule has 0 bridgehead atoms. The number of carbonyl (C=O) groups excluding carboxylic acids is 1. The van der Waals surface area contributed by atoms with E-state index in [-0.39, 0.29) is 5.91 Å². The van der Waals surface area contributed by atoms with Gasteiger partial charge in [0.15, 0.2) is 0 Å². The molecule has 1 atom stereocenters.